The van der Waals surface area contributed by atoms with E-state index in [1.165, 1.54) is 23.5 Å². The van der Waals surface area contributed by atoms with Gasteiger partial charge in [-0.25, -0.2) is 9.97 Å². The van der Waals surface area contributed by atoms with Crippen LogP contribution in [-0.2, 0) is 4.79 Å². The van der Waals surface area contributed by atoms with Crippen LogP contribution in [0.5, 0.6) is 0 Å². The number of nitrogens with one attached hydrogen (secondary N) is 2. The van der Waals surface area contributed by atoms with Crippen molar-refractivity contribution < 1.29 is 4.79 Å². The fourth-order valence-electron chi connectivity index (χ4n) is 3.38. The van der Waals surface area contributed by atoms with Crippen LogP contribution >= 0.6 is 23.4 Å². The molecule has 1 amide bonds. The largest absolute Gasteiger partial charge is 0.369 e. The van der Waals surface area contributed by atoms with Gasteiger partial charge >= 0.3 is 0 Å². The highest BCUT2D eigenvalue weighted by Gasteiger charge is 2.15. The normalized spacial score (nSPS) is 14.1. The summed E-state index contributed by atoms with van der Waals surface area (Å²) >= 11 is 7.72. The van der Waals surface area contributed by atoms with Gasteiger partial charge in [0.05, 0.1) is 16.9 Å². The third-order valence-corrected chi connectivity index (χ3v) is 6.71. The highest BCUT2D eigenvalue weighted by molar-refractivity contribution is 7.99. The minimum absolute atomic E-state index is 0.279. The Morgan fingerprint density at radius 2 is 1.85 bits per heavy atom. The zero-order valence-electron chi connectivity index (χ0n) is 18.3. The lowest BCUT2D eigenvalue weighted by Crippen LogP contribution is -2.44. The van der Waals surface area contributed by atoms with Gasteiger partial charge in [0.15, 0.2) is 0 Å². The monoisotopic (exact) mass is 480 g/mol. The molecule has 33 heavy (non-hydrogen) atoms. The number of carbonyl (C=O) groups is 1. The van der Waals surface area contributed by atoms with Crippen LogP contribution in [0.15, 0.2) is 77.3 Å². The van der Waals surface area contributed by atoms with Crippen LogP contribution in [-0.4, -0.2) is 54.0 Å². The van der Waals surface area contributed by atoms with Crippen LogP contribution in [0.3, 0.4) is 0 Å². The summed E-state index contributed by atoms with van der Waals surface area (Å²) in [6, 6.07) is 15.7. The first-order valence-corrected chi connectivity index (χ1v) is 11.7. The summed E-state index contributed by atoms with van der Waals surface area (Å²) in [5.74, 6) is 0.168. The predicted molar refractivity (Wildman–Crippen MR) is 136 cm³/mol. The van der Waals surface area contributed by atoms with E-state index < -0.39 is 0 Å². The molecule has 1 aromatic heterocycles. The standard InChI is InChI=1S/C24H25ClN6OS/c1-3-22(32)28-20-6-4-5-7-21(20)33-23-19(25)16-26-24(29-23)27-17-8-10-18(11-9-17)31-14-12-30(2)13-15-31/h3-11,16H,1,12-15H2,2H3,(H,28,32)(H,26,27,29). The molecule has 7 nitrogen and oxygen atoms in total. The molecule has 3 aromatic rings. The number of amides is 1. The Kier molecular flexibility index (Phi) is 7.49. The lowest BCUT2D eigenvalue weighted by Gasteiger charge is -2.34. The second kappa shape index (κ2) is 10.7. The number of piperazine rings is 1. The van der Waals surface area contributed by atoms with Crippen molar-refractivity contribution in [1.29, 1.82) is 0 Å². The molecule has 170 valence electrons. The molecule has 0 aliphatic carbocycles. The van der Waals surface area contributed by atoms with Gasteiger partial charge in [-0.1, -0.05) is 42.1 Å². The fourth-order valence-corrected chi connectivity index (χ4v) is 4.45. The fraction of sp³-hybridized carbons (Fsp3) is 0.208. The third kappa shape index (κ3) is 6.04. The van der Waals surface area contributed by atoms with Crippen molar-refractivity contribution in [2.45, 2.75) is 9.92 Å². The molecule has 2 aromatic carbocycles. The van der Waals surface area contributed by atoms with Crippen molar-refractivity contribution in [3.05, 3.63) is 72.4 Å². The molecular weight excluding hydrogens is 456 g/mol. The van der Waals surface area contributed by atoms with Gasteiger partial charge in [-0.3, -0.25) is 4.79 Å². The number of anilines is 4. The number of carbonyl (C=O) groups excluding carboxylic acids is 1. The molecular formula is C24H25ClN6OS. The number of nitrogens with zero attached hydrogens (tertiary/aromatic N) is 4. The second-order valence-electron chi connectivity index (χ2n) is 7.60. The highest BCUT2D eigenvalue weighted by atomic mass is 35.5. The summed E-state index contributed by atoms with van der Waals surface area (Å²) < 4.78 is 0. The Bertz CT molecular complexity index is 1130. The van der Waals surface area contributed by atoms with E-state index in [1.807, 2.05) is 36.4 Å². The number of rotatable bonds is 7. The summed E-state index contributed by atoms with van der Waals surface area (Å²) in [5, 5.41) is 7.07. The molecule has 0 bridgehead atoms. The lowest BCUT2D eigenvalue weighted by atomic mass is 10.2. The third-order valence-electron chi connectivity index (χ3n) is 5.24. The van der Waals surface area contributed by atoms with Crippen LogP contribution in [0.25, 0.3) is 0 Å². The van der Waals surface area contributed by atoms with E-state index >= 15 is 0 Å². The lowest BCUT2D eigenvalue weighted by molar-refractivity contribution is -0.111. The summed E-state index contributed by atoms with van der Waals surface area (Å²) in [6.45, 7) is 7.69. The molecule has 1 aliphatic rings. The molecule has 1 aliphatic heterocycles. The summed E-state index contributed by atoms with van der Waals surface area (Å²) in [4.78, 5) is 26.2. The number of likely N-dealkylation sites (N-methyl/N-ethyl adjacent to an activating group) is 1. The van der Waals surface area contributed by atoms with E-state index in [2.05, 4.69) is 56.2 Å². The Balaban J connectivity index is 1.47. The summed E-state index contributed by atoms with van der Waals surface area (Å²) in [6.07, 6.45) is 2.80. The molecule has 1 fully saturated rings. The van der Waals surface area contributed by atoms with E-state index in [1.54, 1.807) is 6.20 Å². The van der Waals surface area contributed by atoms with Gasteiger partial charge in [0.25, 0.3) is 0 Å². The molecule has 0 atom stereocenters. The topological polar surface area (TPSA) is 73.4 Å². The van der Waals surface area contributed by atoms with Gasteiger partial charge in [0.1, 0.15) is 5.03 Å². The van der Waals surface area contributed by atoms with E-state index in [4.69, 9.17) is 11.6 Å². The van der Waals surface area contributed by atoms with Crippen molar-refractivity contribution in [3.8, 4) is 0 Å². The first-order chi connectivity index (χ1) is 16.0. The number of hydrogen-bond acceptors (Lipinski definition) is 7. The highest BCUT2D eigenvalue weighted by Crippen LogP contribution is 2.36. The zero-order valence-corrected chi connectivity index (χ0v) is 19.9. The second-order valence-corrected chi connectivity index (χ2v) is 9.04. The van der Waals surface area contributed by atoms with Crippen LogP contribution in [0.2, 0.25) is 5.02 Å². The van der Waals surface area contributed by atoms with Crippen LogP contribution < -0.4 is 15.5 Å². The molecule has 0 radical (unpaired) electrons. The Labute approximate surface area is 202 Å². The number of hydrogen-bond donors (Lipinski definition) is 2. The Morgan fingerprint density at radius 3 is 2.58 bits per heavy atom. The number of para-hydroxylation sites is 1. The van der Waals surface area contributed by atoms with Gasteiger partial charge in [0, 0.05) is 42.4 Å². The predicted octanol–water partition coefficient (Wildman–Crippen LogP) is 4.90. The van der Waals surface area contributed by atoms with Crippen LogP contribution in [0.4, 0.5) is 23.0 Å². The van der Waals surface area contributed by atoms with Crippen molar-refractivity contribution >= 4 is 52.3 Å². The first-order valence-electron chi connectivity index (χ1n) is 10.6. The molecule has 0 unspecified atom stereocenters. The average Bonchev–Trinajstić information content (AvgIpc) is 2.83. The smallest absolute Gasteiger partial charge is 0.247 e. The van der Waals surface area contributed by atoms with Crippen molar-refractivity contribution in [3.63, 3.8) is 0 Å². The maximum atomic E-state index is 11.7. The van der Waals surface area contributed by atoms with Crippen LogP contribution in [0.1, 0.15) is 0 Å². The number of halogens is 1. The average molecular weight is 481 g/mol. The van der Waals surface area contributed by atoms with E-state index in [9.17, 15) is 4.79 Å². The van der Waals surface area contributed by atoms with E-state index in [0.717, 1.165) is 36.8 Å². The molecule has 0 spiro atoms. The summed E-state index contributed by atoms with van der Waals surface area (Å²) in [7, 11) is 2.15. The minimum Gasteiger partial charge on any atom is -0.369 e. The molecule has 1 saturated heterocycles. The molecule has 0 saturated carbocycles. The Hall–Kier alpha value is -3.07. The van der Waals surface area contributed by atoms with E-state index in [0.29, 0.717) is 21.7 Å². The van der Waals surface area contributed by atoms with E-state index in [-0.39, 0.29) is 5.91 Å². The van der Waals surface area contributed by atoms with Gasteiger partial charge in [-0.15, -0.1) is 0 Å². The SMILES string of the molecule is C=CC(=O)Nc1ccccc1Sc1nc(Nc2ccc(N3CCN(C)CC3)cc2)ncc1Cl. The molecule has 4 rings (SSSR count). The summed E-state index contributed by atoms with van der Waals surface area (Å²) in [5.41, 5.74) is 2.76. The van der Waals surface area contributed by atoms with Crippen molar-refractivity contribution in [2.24, 2.45) is 0 Å². The number of aromatic nitrogens is 2. The van der Waals surface area contributed by atoms with Gasteiger partial charge in [-0.2, -0.15) is 0 Å². The van der Waals surface area contributed by atoms with Crippen molar-refractivity contribution in [2.75, 3.05) is 48.8 Å². The van der Waals surface area contributed by atoms with Crippen molar-refractivity contribution in [1.82, 2.24) is 14.9 Å². The van der Waals surface area contributed by atoms with Gasteiger partial charge in [-0.05, 0) is 49.5 Å². The molecule has 9 heteroatoms. The van der Waals surface area contributed by atoms with Gasteiger partial charge in [0.2, 0.25) is 11.9 Å². The maximum Gasteiger partial charge on any atom is 0.247 e. The first kappa shape index (κ1) is 23.1. The molecule has 2 N–H and O–H groups in total. The Morgan fingerprint density at radius 1 is 1.12 bits per heavy atom. The molecule has 2 heterocycles. The zero-order chi connectivity index (χ0) is 23.2. The van der Waals surface area contributed by atoms with Crippen LogP contribution in [0, 0.1) is 0 Å². The van der Waals surface area contributed by atoms with Gasteiger partial charge < -0.3 is 20.4 Å². The quantitative estimate of drug-likeness (QED) is 0.368. The number of benzene rings is 2. The maximum absolute atomic E-state index is 11.7. The minimum atomic E-state index is -0.279.